The van der Waals surface area contributed by atoms with Gasteiger partial charge >= 0.3 is 0 Å². The van der Waals surface area contributed by atoms with Crippen molar-refractivity contribution in [2.45, 2.75) is 57.5 Å². The molecule has 19 heavy (non-hydrogen) atoms. The van der Waals surface area contributed by atoms with Gasteiger partial charge in [0, 0.05) is 23.7 Å². The molecule has 0 aromatic rings. The molecule has 2 unspecified atom stereocenters. The quantitative estimate of drug-likeness (QED) is 0.668. The van der Waals surface area contributed by atoms with Gasteiger partial charge in [0.05, 0.1) is 24.9 Å². The molecule has 2 heterocycles. The number of ketones is 1. The van der Waals surface area contributed by atoms with Gasteiger partial charge in [0.1, 0.15) is 5.60 Å². The van der Waals surface area contributed by atoms with Gasteiger partial charge in [-0.3, -0.25) is 4.79 Å². The summed E-state index contributed by atoms with van der Waals surface area (Å²) in [7, 11) is 0. The van der Waals surface area contributed by atoms with Crippen LogP contribution in [0.1, 0.15) is 33.6 Å². The van der Waals surface area contributed by atoms with Crippen molar-refractivity contribution in [3.8, 4) is 0 Å². The number of carbonyl (C=O) groups is 1. The van der Waals surface area contributed by atoms with Crippen LogP contribution in [0.15, 0.2) is 11.6 Å². The fraction of sp³-hybridized carbons (Fsp3) is 0.800. The van der Waals surface area contributed by atoms with E-state index in [2.05, 4.69) is 13.8 Å². The number of hydrogen-bond donors (Lipinski definition) is 1. The smallest absolute Gasteiger partial charge is 0.159 e. The first-order valence-electron chi connectivity index (χ1n) is 7.04. The van der Waals surface area contributed by atoms with Gasteiger partial charge in [0.2, 0.25) is 0 Å². The summed E-state index contributed by atoms with van der Waals surface area (Å²) in [5.41, 5.74) is -0.364. The van der Waals surface area contributed by atoms with Gasteiger partial charge in [-0.1, -0.05) is 13.8 Å². The SMILES string of the molecule is CC1=C[C@H]2O[C@@H]3C[C@@H](O)C(C)(C34CO4)[C@@]2(C)CC1=O. The topological polar surface area (TPSA) is 59.1 Å². The zero-order valence-corrected chi connectivity index (χ0v) is 11.6. The van der Waals surface area contributed by atoms with Gasteiger partial charge in [-0.2, -0.15) is 0 Å². The first kappa shape index (κ1) is 12.1. The lowest BCUT2D eigenvalue weighted by atomic mass is 9.52. The normalized spacial score (nSPS) is 59.1. The Morgan fingerprint density at radius 2 is 2.11 bits per heavy atom. The van der Waals surface area contributed by atoms with Crippen molar-refractivity contribution in [2.24, 2.45) is 10.8 Å². The first-order chi connectivity index (χ1) is 8.85. The number of Topliss-reactive ketones (excluding diaryl/α,β-unsaturated/α-hetero) is 1. The number of rotatable bonds is 0. The zero-order chi connectivity index (χ0) is 13.6. The minimum Gasteiger partial charge on any atom is -0.392 e. The van der Waals surface area contributed by atoms with E-state index in [4.69, 9.17) is 9.47 Å². The number of fused-ring (bicyclic) bond motifs is 2. The molecule has 1 N–H and O–H groups in total. The summed E-state index contributed by atoms with van der Waals surface area (Å²) in [6, 6.07) is 0. The number of carbonyl (C=O) groups excluding carboxylic acids is 1. The fourth-order valence-corrected chi connectivity index (χ4v) is 4.76. The Hall–Kier alpha value is -0.710. The minimum absolute atomic E-state index is 0.0390. The van der Waals surface area contributed by atoms with Crippen LogP contribution >= 0.6 is 0 Å². The first-order valence-corrected chi connectivity index (χ1v) is 7.04. The number of allylic oxidation sites excluding steroid dienone is 1. The van der Waals surface area contributed by atoms with Gasteiger partial charge in [-0.05, 0) is 18.6 Å². The summed E-state index contributed by atoms with van der Waals surface area (Å²) in [5.74, 6) is 0.164. The van der Waals surface area contributed by atoms with Crippen molar-refractivity contribution in [1.29, 1.82) is 0 Å². The molecule has 4 rings (SSSR count). The molecule has 4 heteroatoms. The Labute approximate surface area is 112 Å². The molecule has 4 nitrogen and oxygen atoms in total. The number of aliphatic hydroxyl groups excluding tert-OH is 1. The van der Waals surface area contributed by atoms with E-state index >= 15 is 0 Å². The van der Waals surface area contributed by atoms with Gasteiger partial charge in [-0.25, -0.2) is 0 Å². The van der Waals surface area contributed by atoms with Crippen LogP contribution < -0.4 is 0 Å². The highest BCUT2D eigenvalue weighted by Gasteiger charge is 2.80. The summed E-state index contributed by atoms with van der Waals surface area (Å²) in [6.45, 7) is 6.66. The van der Waals surface area contributed by atoms with E-state index in [1.807, 2.05) is 13.0 Å². The van der Waals surface area contributed by atoms with Crippen LogP contribution in [0.5, 0.6) is 0 Å². The maximum Gasteiger partial charge on any atom is 0.159 e. The van der Waals surface area contributed by atoms with Gasteiger partial charge in [0.25, 0.3) is 0 Å². The van der Waals surface area contributed by atoms with E-state index in [9.17, 15) is 9.90 Å². The average Bonchev–Trinajstić information content (AvgIpc) is 3.10. The summed E-state index contributed by atoms with van der Waals surface area (Å²) in [4.78, 5) is 12.2. The van der Waals surface area contributed by atoms with Crippen molar-refractivity contribution >= 4 is 5.78 Å². The summed E-state index contributed by atoms with van der Waals surface area (Å²) < 4.78 is 12.0. The Morgan fingerprint density at radius 3 is 2.74 bits per heavy atom. The molecule has 0 aromatic heterocycles. The maximum atomic E-state index is 12.2. The van der Waals surface area contributed by atoms with Crippen LogP contribution in [0.2, 0.25) is 0 Å². The Bertz CT molecular complexity index is 506. The van der Waals surface area contributed by atoms with Crippen LogP contribution in [0.4, 0.5) is 0 Å². The predicted molar refractivity (Wildman–Crippen MR) is 67.6 cm³/mol. The highest BCUT2D eigenvalue weighted by Crippen LogP contribution is 2.70. The second-order valence-corrected chi connectivity index (χ2v) is 7.04. The summed E-state index contributed by atoms with van der Waals surface area (Å²) in [6.07, 6.45) is 2.41. The van der Waals surface area contributed by atoms with E-state index in [1.165, 1.54) is 0 Å². The van der Waals surface area contributed by atoms with Crippen LogP contribution in [0.3, 0.4) is 0 Å². The van der Waals surface area contributed by atoms with E-state index < -0.39 is 11.5 Å². The van der Waals surface area contributed by atoms with E-state index in [1.54, 1.807) is 0 Å². The fourth-order valence-electron chi connectivity index (χ4n) is 4.76. The van der Waals surface area contributed by atoms with Crippen molar-refractivity contribution in [3.63, 3.8) is 0 Å². The Morgan fingerprint density at radius 1 is 1.42 bits per heavy atom. The van der Waals surface area contributed by atoms with Gasteiger partial charge < -0.3 is 14.6 Å². The molecule has 2 bridgehead atoms. The molecular formula is C15H20O4. The molecule has 2 aliphatic carbocycles. The lowest BCUT2D eigenvalue weighted by molar-refractivity contribution is -0.204. The molecular weight excluding hydrogens is 244 g/mol. The third-order valence-corrected chi connectivity index (χ3v) is 6.45. The highest BCUT2D eigenvalue weighted by molar-refractivity contribution is 5.96. The molecule has 4 aliphatic rings. The molecule has 1 saturated carbocycles. The molecule has 0 amide bonds. The Kier molecular flexibility index (Phi) is 1.99. The predicted octanol–water partition coefficient (Wildman–Crippen LogP) is 1.22. The van der Waals surface area contributed by atoms with Crippen LogP contribution in [0, 0.1) is 10.8 Å². The second kappa shape index (κ2) is 3.13. The number of epoxide rings is 1. The van der Waals surface area contributed by atoms with Crippen molar-refractivity contribution in [2.75, 3.05) is 6.61 Å². The average molecular weight is 264 g/mol. The number of aliphatic hydroxyl groups is 1. The largest absolute Gasteiger partial charge is 0.392 e. The van der Waals surface area contributed by atoms with Gasteiger partial charge in [0.15, 0.2) is 5.78 Å². The number of ether oxygens (including phenoxy) is 2. The van der Waals surface area contributed by atoms with Crippen LogP contribution in [0.25, 0.3) is 0 Å². The van der Waals surface area contributed by atoms with E-state index in [0.29, 0.717) is 19.4 Å². The minimum atomic E-state index is -0.463. The van der Waals surface area contributed by atoms with Crippen LogP contribution in [-0.4, -0.2) is 41.4 Å². The molecule has 0 aromatic carbocycles. The van der Waals surface area contributed by atoms with Crippen molar-refractivity contribution in [3.05, 3.63) is 11.6 Å². The van der Waals surface area contributed by atoms with Crippen molar-refractivity contribution < 1.29 is 19.4 Å². The molecule has 2 saturated heterocycles. The van der Waals surface area contributed by atoms with E-state index in [0.717, 1.165) is 5.57 Å². The molecule has 3 fully saturated rings. The third-order valence-electron chi connectivity index (χ3n) is 6.45. The summed E-state index contributed by atoms with van der Waals surface area (Å²) in [5, 5.41) is 10.6. The van der Waals surface area contributed by atoms with Crippen molar-refractivity contribution in [1.82, 2.24) is 0 Å². The third kappa shape index (κ3) is 1.08. The molecule has 1 spiro atoms. The lowest BCUT2D eigenvalue weighted by Crippen LogP contribution is -2.64. The molecule has 104 valence electrons. The van der Waals surface area contributed by atoms with E-state index in [-0.39, 0.29) is 29.0 Å². The highest BCUT2D eigenvalue weighted by atomic mass is 16.6. The Balaban J connectivity index is 1.90. The van der Waals surface area contributed by atoms with Gasteiger partial charge in [-0.15, -0.1) is 0 Å². The standard InChI is InChI=1S/C15H20O4/c1-8-4-11-13(2,6-9(8)16)14(3)10(17)5-12(19-11)15(14)7-18-15/h4,10-12,17H,5-7H2,1-3H3/t10-,11-,12-,13+,14?,15?/m1/s1. The lowest BCUT2D eigenvalue weighted by Gasteiger charge is -2.56. The zero-order valence-electron chi connectivity index (χ0n) is 11.6. The maximum absolute atomic E-state index is 12.2. The van der Waals surface area contributed by atoms with Crippen LogP contribution in [-0.2, 0) is 14.3 Å². The second-order valence-electron chi connectivity index (χ2n) is 7.04. The molecule has 6 atom stereocenters. The number of hydrogen-bond acceptors (Lipinski definition) is 4. The molecule has 2 aliphatic heterocycles. The monoisotopic (exact) mass is 264 g/mol. The molecule has 0 radical (unpaired) electrons. The summed E-state index contributed by atoms with van der Waals surface area (Å²) >= 11 is 0.